The van der Waals surface area contributed by atoms with Gasteiger partial charge in [-0.2, -0.15) is 4.99 Å². The smallest absolute Gasteiger partial charge is 0.235 e. The molecule has 4 nitrogen and oxygen atoms in total. The molecular weight excluding hydrogens is 329 g/mol. The van der Waals surface area contributed by atoms with Crippen LogP contribution in [-0.4, -0.2) is 19.3 Å². The number of hydrogen-bond acceptors (Lipinski definition) is 4. The number of benzene rings is 1. The number of ether oxygens (including phenoxy) is 2. The number of rotatable bonds is 2. The second kappa shape index (κ2) is 5.19. The number of isocyanates is 1. The van der Waals surface area contributed by atoms with Crippen molar-refractivity contribution >= 4 is 22.0 Å². The third-order valence-corrected chi connectivity index (χ3v) is 4.62. The first kappa shape index (κ1) is 13.6. The summed E-state index contributed by atoms with van der Waals surface area (Å²) in [6.45, 7) is 0.816. The van der Waals surface area contributed by atoms with E-state index >= 15 is 0 Å². The van der Waals surface area contributed by atoms with Crippen molar-refractivity contribution in [2.75, 3.05) is 13.2 Å². The predicted octanol–water partition coefficient (Wildman–Crippen LogP) is 3.46. The van der Waals surface area contributed by atoms with Crippen molar-refractivity contribution in [3.63, 3.8) is 0 Å². The molecule has 106 valence electrons. The van der Waals surface area contributed by atoms with E-state index in [-0.39, 0.29) is 4.47 Å². The van der Waals surface area contributed by atoms with Gasteiger partial charge in [0.2, 0.25) is 6.08 Å². The van der Waals surface area contributed by atoms with Crippen LogP contribution in [0.2, 0.25) is 0 Å². The Hall–Kier alpha value is -1.39. The number of aliphatic imine (C=N–C) groups is 1. The fourth-order valence-electron chi connectivity index (χ4n) is 2.95. The summed E-state index contributed by atoms with van der Waals surface area (Å²) in [7, 11) is 0. The van der Waals surface area contributed by atoms with Crippen LogP contribution in [0.4, 0.5) is 4.39 Å². The van der Waals surface area contributed by atoms with Gasteiger partial charge in [0.1, 0.15) is 24.6 Å². The molecule has 20 heavy (non-hydrogen) atoms. The fraction of sp³-hybridized carbons (Fsp3) is 0.500. The molecule has 0 saturated heterocycles. The molecule has 1 aromatic carbocycles. The average Bonchev–Trinajstić information content (AvgIpc) is 2.93. The molecule has 0 bridgehead atoms. The molecule has 1 saturated carbocycles. The van der Waals surface area contributed by atoms with Gasteiger partial charge in [-0.15, -0.1) is 0 Å². The van der Waals surface area contributed by atoms with E-state index in [0.717, 1.165) is 12.8 Å². The van der Waals surface area contributed by atoms with E-state index in [0.29, 0.717) is 43.1 Å². The van der Waals surface area contributed by atoms with Crippen LogP contribution in [-0.2, 0) is 10.3 Å². The summed E-state index contributed by atoms with van der Waals surface area (Å²) in [6.07, 6.45) is 4.71. The van der Waals surface area contributed by atoms with Crippen LogP contribution >= 0.6 is 15.9 Å². The standard InChI is InChI=1S/C14H13BrFNO3/c15-11-12(16)9(7-10-13(11)20-6-5-19-10)14(17-8-18)3-1-2-4-14/h7H,1-6H2. The van der Waals surface area contributed by atoms with Crippen LogP contribution in [0.25, 0.3) is 0 Å². The van der Waals surface area contributed by atoms with Crippen LogP contribution in [0, 0.1) is 5.82 Å². The zero-order valence-corrected chi connectivity index (χ0v) is 12.3. The summed E-state index contributed by atoms with van der Waals surface area (Å²) in [5.74, 6) is 0.433. The first-order valence-electron chi connectivity index (χ1n) is 6.55. The van der Waals surface area contributed by atoms with E-state index in [1.807, 2.05) is 0 Å². The van der Waals surface area contributed by atoms with Gasteiger partial charge in [0.25, 0.3) is 0 Å². The highest BCUT2D eigenvalue weighted by atomic mass is 79.9. The molecule has 1 heterocycles. The Morgan fingerprint density at radius 2 is 2.00 bits per heavy atom. The van der Waals surface area contributed by atoms with Crippen molar-refractivity contribution in [2.45, 2.75) is 31.2 Å². The van der Waals surface area contributed by atoms with E-state index in [9.17, 15) is 9.18 Å². The average molecular weight is 342 g/mol. The Balaban J connectivity index is 2.18. The van der Waals surface area contributed by atoms with E-state index in [1.165, 1.54) is 0 Å². The maximum atomic E-state index is 14.6. The lowest BCUT2D eigenvalue weighted by atomic mass is 9.88. The number of halogens is 2. The van der Waals surface area contributed by atoms with E-state index in [2.05, 4.69) is 20.9 Å². The molecule has 0 radical (unpaired) electrons. The van der Waals surface area contributed by atoms with Gasteiger partial charge in [-0.25, -0.2) is 9.18 Å². The molecule has 3 rings (SSSR count). The van der Waals surface area contributed by atoms with Crippen LogP contribution in [0.15, 0.2) is 15.5 Å². The summed E-state index contributed by atoms with van der Waals surface area (Å²) in [5.41, 5.74) is -0.432. The summed E-state index contributed by atoms with van der Waals surface area (Å²) >= 11 is 3.22. The first-order valence-corrected chi connectivity index (χ1v) is 7.34. The maximum absolute atomic E-state index is 14.6. The van der Waals surface area contributed by atoms with Crippen LogP contribution < -0.4 is 9.47 Å². The summed E-state index contributed by atoms with van der Waals surface area (Å²) < 4.78 is 25.8. The molecule has 6 heteroatoms. The first-order chi connectivity index (χ1) is 9.68. The van der Waals surface area contributed by atoms with Crippen LogP contribution in [0.5, 0.6) is 11.5 Å². The molecule has 0 atom stereocenters. The Labute approximate surface area is 124 Å². The second-order valence-electron chi connectivity index (χ2n) is 5.02. The second-order valence-corrected chi connectivity index (χ2v) is 5.81. The molecular formula is C14H13BrFNO3. The van der Waals surface area contributed by atoms with Gasteiger partial charge < -0.3 is 9.47 Å². The molecule has 0 aromatic heterocycles. The molecule has 0 amide bonds. The fourth-order valence-corrected chi connectivity index (χ4v) is 3.47. The third kappa shape index (κ3) is 2.03. The van der Waals surface area contributed by atoms with Crippen molar-refractivity contribution < 1.29 is 18.7 Å². The van der Waals surface area contributed by atoms with Crippen molar-refractivity contribution in [3.8, 4) is 11.5 Å². The summed E-state index contributed by atoms with van der Waals surface area (Å²) in [6, 6.07) is 1.61. The molecule has 1 aliphatic heterocycles. The Morgan fingerprint density at radius 3 is 2.70 bits per heavy atom. The van der Waals surface area contributed by atoms with Crippen LogP contribution in [0.3, 0.4) is 0 Å². The lowest BCUT2D eigenvalue weighted by molar-refractivity contribution is 0.168. The van der Waals surface area contributed by atoms with Gasteiger partial charge in [-0.3, -0.25) is 0 Å². The van der Waals surface area contributed by atoms with Crippen molar-refractivity contribution in [2.24, 2.45) is 4.99 Å². The van der Waals surface area contributed by atoms with Gasteiger partial charge in [0.15, 0.2) is 11.5 Å². The maximum Gasteiger partial charge on any atom is 0.235 e. The minimum absolute atomic E-state index is 0.233. The molecule has 0 spiro atoms. The normalized spacial score (nSPS) is 19.5. The van der Waals surface area contributed by atoms with Gasteiger partial charge in [0, 0.05) is 5.56 Å². The molecule has 1 aromatic rings. The molecule has 1 fully saturated rings. The molecule has 0 unspecified atom stereocenters. The van der Waals surface area contributed by atoms with Crippen molar-refractivity contribution in [1.29, 1.82) is 0 Å². The highest BCUT2D eigenvalue weighted by Gasteiger charge is 2.40. The quantitative estimate of drug-likeness (QED) is 0.611. The summed E-state index contributed by atoms with van der Waals surface area (Å²) in [4.78, 5) is 14.7. The number of hydrogen-bond donors (Lipinski definition) is 0. The van der Waals surface area contributed by atoms with E-state index in [4.69, 9.17) is 9.47 Å². The largest absolute Gasteiger partial charge is 0.486 e. The zero-order valence-electron chi connectivity index (χ0n) is 10.7. The highest BCUT2D eigenvalue weighted by molar-refractivity contribution is 9.10. The van der Waals surface area contributed by atoms with Crippen molar-refractivity contribution in [3.05, 3.63) is 21.9 Å². The SMILES string of the molecule is O=C=NC1(c2cc3c(c(Br)c2F)OCCO3)CCCC1. The van der Waals surface area contributed by atoms with Crippen molar-refractivity contribution in [1.82, 2.24) is 0 Å². The van der Waals surface area contributed by atoms with Gasteiger partial charge >= 0.3 is 0 Å². The number of carbonyl (C=O) groups excluding carboxylic acids is 1. The molecule has 2 aliphatic rings. The zero-order chi connectivity index (χ0) is 14.2. The van der Waals surface area contributed by atoms with Gasteiger partial charge in [0.05, 0.1) is 4.47 Å². The Bertz CT molecular complexity index is 593. The summed E-state index contributed by atoms with van der Waals surface area (Å²) in [5, 5.41) is 0. The predicted molar refractivity (Wildman–Crippen MR) is 73.4 cm³/mol. The third-order valence-electron chi connectivity index (χ3n) is 3.91. The minimum atomic E-state index is -0.815. The Morgan fingerprint density at radius 1 is 1.30 bits per heavy atom. The van der Waals surface area contributed by atoms with Gasteiger partial charge in [-0.05, 0) is 34.8 Å². The lowest BCUT2D eigenvalue weighted by Crippen LogP contribution is -2.23. The monoisotopic (exact) mass is 341 g/mol. The molecule has 1 aliphatic carbocycles. The lowest BCUT2D eigenvalue weighted by Gasteiger charge is -2.27. The number of fused-ring (bicyclic) bond motifs is 1. The van der Waals surface area contributed by atoms with E-state index < -0.39 is 11.4 Å². The van der Waals surface area contributed by atoms with Crippen LogP contribution in [0.1, 0.15) is 31.2 Å². The topological polar surface area (TPSA) is 47.9 Å². The minimum Gasteiger partial charge on any atom is -0.486 e. The highest BCUT2D eigenvalue weighted by Crippen LogP contribution is 2.49. The van der Waals surface area contributed by atoms with E-state index in [1.54, 1.807) is 12.1 Å². The Kier molecular flexibility index (Phi) is 3.52. The number of nitrogens with zero attached hydrogens (tertiary/aromatic N) is 1. The van der Waals surface area contributed by atoms with Gasteiger partial charge in [-0.1, -0.05) is 12.8 Å². The molecule has 0 N–H and O–H groups in total.